The third kappa shape index (κ3) is 5.18. The highest BCUT2D eigenvalue weighted by Gasteiger charge is 2.36. The molecule has 0 bridgehead atoms. The number of benzene rings is 8. The molecule has 0 fully saturated rings. The molecule has 0 atom stereocenters. The van der Waals surface area contributed by atoms with Gasteiger partial charge in [0.15, 0.2) is 0 Å². The third-order valence-corrected chi connectivity index (χ3v) is 13.9. The summed E-state index contributed by atoms with van der Waals surface area (Å²) in [7, 11) is 0. The van der Waals surface area contributed by atoms with Gasteiger partial charge in [-0.25, -0.2) is 0 Å². The molecular weight excluding hydrogens is 755 g/mol. The van der Waals surface area contributed by atoms with Gasteiger partial charge in [-0.3, -0.25) is 0 Å². The Bertz CT molecular complexity index is 3490. The molecule has 302 valence electrons. The first-order valence-electron chi connectivity index (χ1n) is 22.0. The molecule has 0 saturated carbocycles. The average Bonchev–Trinajstić information content (AvgIpc) is 3.99. The normalized spacial score (nSPS) is 13.9. The van der Waals surface area contributed by atoms with Crippen LogP contribution in [0.25, 0.3) is 105 Å². The van der Waals surface area contributed by atoms with Gasteiger partial charge in [0.25, 0.3) is 0 Å². The predicted molar refractivity (Wildman–Crippen MR) is 261 cm³/mol. The first-order chi connectivity index (χ1) is 29.8. The Kier molecular flexibility index (Phi) is 7.52. The summed E-state index contributed by atoms with van der Waals surface area (Å²) >= 11 is 0. The van der Waals surface area contributed by atoms with E-state index in [1.54, 1.807) is 0 Å². The van der Waals surface area contributed by atoms with Crippen molar-refractivity contribution in [3.63, 3.8) is 0 Å². The van der Waals surface area contributed by atoms with Crippen molar-refractivity contribution in [2.45, 2.75) is 71.6 Å². The van der Waals surface area contributed by atoms with Gasteiger partial charge in [0.2, 0.25) is 0 Å². The lowest BCUT2D eigenvalue weighted by molar-refractivity contribution is 0.590. The number of para-hydroxylation sites is 4. The molecule has 1 aliphatic carbocycles. The van der Waals surface area contributed by atoms with Crippen molar-refractivity contribution < 1.29 is 8.83 Å². The summed E-state index contributed by atoms with van der Waals surface area (Å²) in [5, 5.41) is 6.96. The Hall–Kier alpha value is -6.84. The number of furan rings is 2. The van der Waals surface area contributed by atoms with E-state index >= 15 is 0 Å². The Morgan fingerprint density at radius 1 is 0.387 bits per heavy atom. The summed E-state index contributed by atoms with van der Waals surface area (Å²) < 4.78 is 16.3. The van der Waals surface area contributed by atoms with Crippen LogP contribution < -0.4 is 0 Å². The summed E-state index contributed by atoms with van der Waals surface area (Å²) in [6, 6.07) is 56.1. The fraction of sp³-hybridized carbons (Fsp3) is 0.186. The molecule has 62 heavy (non-hydrogen) atoms. The third-order valence-electron chi connectivity index (χ3n) is 13.9. The van der Waals surface area contributed by atoms with E-state index in [0.29, 0.717) is 0 Å². The largest absolute Gasteiger partial charge is 0.455 e. The smallest absolute Gasteiger partial charge is 0.143 e. The fourth-order valence-electron chi connectivity index (χ4n) is 10.6. The van der Waals surface area contributed by atoms with Gasteiger partial charge < -0.3 is 13.4 Å². The maximum atomic E-state index is 6.87. The van der Waals surface area contributed by atoms with Crippen molar-refractivity contribution >= 4 is 65.7 Å². The van der Waals surface area contributed by atoms with Crippen LogP contribution in [0.5, 0.6) is 0 Å². The van der Waals surface area contributed by atoms with Gasteiger partial charge in [0.05, 0.1) is 11.0 Å². The summed E-state index contributed by atoms with van der Waals surface area (Å²) in [6.07, 6.45) is 0. The highest BCUT2D eigenvalue weighted by molar-refractivity contribution is 6.21. The summed E-state index contributed by atoms with van der Waals surface area (Å²) in [6.45, 7) is 18.7. The van der Waals surface area contributed by atoms with Gasteiger partial charge in [-0.15, -0.1) is 0 Å². The second-order valence-electron chi connectivity index (χ2n) is 20.1. The zero-order valence-electron chi connectivity index (χ0n) is 36.7. The molecule has 1 aliphatic rings. The van der Waals surface area contributed by atoms with Crippen LogP contribution in [-0.4, -0.2) is 4.57 Å². The topological polar surface area (TPSA) is 31.2 Å². The minimum absolute atomic E-state index is 0.132. The molecule has 0 spiro atoms. The molecule has 0 saturated heterocycles. The summed E-state index contributed by atoms with van der Waals surface area (Å²) in [5.41, 5.74) is 19.0. The molecule has 0 unspecified atom stereocenters. The van der Waals surface area contributed by atoms with Gasteiger partial charge >= 0.3 is 0 Å². The minimum atomic E-state index is -0.176. The Morgan fingerprint density at radius 3 is 1.37 bits per heavy atom. The van der Waals surface area contributed by atoms with Crippen molar-refractivity contribution in [1.29, 1.82) is 0 Å². The van der Waals surface area contributed by atoms with E-state index in [1.165, 1.54) is 55.2 Å². The number of rotatable bonds is 3. The van der Waals surface area contributed by atoms with Crippen LogP contribution in [0.2, 0.25) is 0 Å². The second-order valence-corrected chi connectivity index (χ2v) is 20.1. The second kappa shape index (κ2) is 12.6. The molecule has 8 aromatic carbocycles. The first kappa shape index (κ1) is 37.0. The first-order valence-corrected chi connectivity index (χ1v) is 22.0. The predicted octanol–water partition coefficient (Wildman–Crippen LogP) is 16.8. The SMILES string of the molecule is CC(C)(C)c1cc(-c2cccc3c2oc2ccccc23)c2c(c1)c1cc(C(C)(C)C)cc(-c3cccc4c3oc3ccccc34)c1n2-c1ccc2c(c1)C(C)(C)c1ccccc1-2. The van der Waals surface area contributed by atoms with Crippen LogP contribution >= 0.6 is 0 Å². The molecule has 3 heteroatoms. The number of hydrogen-bond acceptors (Lipinski definition) is 2. The van der Waals surface area contributed by atoms with Crippen molar-refractivity contribution in [1.82, 2.24) is 4.57 Å². The van der Waals surface area contributed by atoms with E-state index in [-0.39, 0.29) is 16.2 Å². The van der Waals surface area contributed by atoms with Crippen molar-refractivity contribution in [2.24, 2.45) is 0 Å². The van der Waals surface area contributed by atoms with Crippen LogP contribution in [0.4, 0.5) is 0 Å². The van der Waals surface area contributed by atoms with E-state index in [9.17, 15) is 0 Å². The molecule has 0 radical (unpaired) electrons. The van der Waals surface area contributed by atoms with E-state index in [2.05, 4.69) is 212 Å². The number of aromatic nitrogens is 1. The van der Waals surface area contributed by atoms with Gasteiger partial charge in [-0.05, 0) is 92.7 Å². The van der Waals surface area contributed by atoms with Gasteiger partial charge in [-0.2, -0.15) is 0 Å². The lowest BCUT2D eigenvalue weighted by Gasteiger charge is -2.24. The van der Waals surface area contributed by atoms with Crippen molar-refractivity contribution in [3.05, 3.63) is 174 Å². The Balaban J connectivity index is 1.30. The fourth-order valence-corrected chi connectivity index (χ4v) is 10.6. The maximum Gasteiger partial charge on any atom is 0.143 e. The number of fused-ring (bicyclic) bond motifs is 12. The maximum absolute atomic E-state index is 6.87. The monoisotopic (exact) mass is 803 g/mol. The molecule has 0 amide bonds. The van der Waals surface area contributed by atoms with Crippen LogP contribution in [0.3, 0.4) is 0 Å². The zero-order valence-corrected chi connectivity index (χ0v) is 36.7. The average molecular weight is 804 g/mol. The van der Waals surface area contributed by atoms with Gasteiger partial charge in [-0.1, -0.05) is 159 Å². The molecule has 11 aromatic rings. The van der Waals surface area contributed by atoms with Gasteiger partial charge in [0.1, 0.15) is 22.3 Å². The number of nitrogens with zero attached hydrogens (tertiary/aromatic N) is 1. The van der Waals surface area contributed by atoms with E-state index in [0.717, 1.165) is 71.8 Å². The zero-order chi connectivity index (χ0) is 42.4. The lowest BCUT2D eigenvalue weighted by atomic mass is 9.82. The highest BCUT2D eigenvalue weighted by atomic mass is 16.3. The summed E-state index contributed by atoms with van der Waals surface area (Å²) in [4.78, 5) is 0. The quantitative estimate of drug-likeness (QED) is 0.178. The van der Waals surface area contributed by atoms with Crippen LogP contribution in [-0.2, 0) is 16.2 Å². The van der Waals surface area contributed by atoms with Crippen LogP contribution in [0.15, 0.2) is 160 Å². The molecule has 12 rings (SSSR count). The highest BCUT2D eigenvalue weighted by Crippen LogP contribution is 2.52. The number of hydrogen-bond donors (Lipinski definition) is 0. The van der Waals surface area contributed by atoms with Crippen LogP contribution in [0.1, 0.15) is 77.6 Å². The van der Waals surface area contributed by atoms with Gasteiger partial charge in [0, 0.05) is 65.7 Å². The molecule has 3 aromatic heterocycles. The van der Waals surface area contributed by atoms with Crippen LogP contribution in [0, 0.1) is 0 Å². The standard InChI is InChI=1S/C59H49NO2/c1-57(2,3)34-29-45(43-22-15-20-41-39-18-10-13-25-51(39)61-55(41)43)53-47(31-34)48-32-35(58(4,5)6)30-46(44-23-16-21-42-40-19-11-14-26-52(40)62-56(42)44)54(48)60(53)36-27-28-38-37-17-9-12-24-49(37)59(7,8)50(38)33-36/h9-33H,1-8H3. The lowest BCUT2D eigenvalue weighted by Crippen LogP contribution is -2.15. The summed E-state index contributed by atoms with van der Waals surface area (Å²) in [5.74, 6) is 0. The van der Waals surface area contributed by atoms with Crippen molar-refractivity contribution in [3.8, 4) is 39.1 Å². The molecule has 0 aliphatic heterocycles. The molecule has 0 N–H and O–H groups in total. The van der Waals surface area contributed by atoms with E-state index in [4.69, 9.17) is 8.83 Å². The molecule has 3 nitrogen and oxygen atoms in total. The van der Waals surface area contributed by atoms with E-state index < -0.39 is 0 Å². The molecule has 3 heterocycles. The van der Waals surface area contributed by atoms with Crippen molar-refractivity contribution in [2.75, 3.05) is 0 Å². The Morgan fingerprint density at radius 2 is 0.839 bits per heavy atom. The Labute approximate surface area is 362 Å². The minimum Gasteiger partial charge on any atom is -0.455 e. The molecular formula is C59H49NO2. The van der Waals surface area contributed by atoms with E-state index in [1.807, 2.05) is 0 Å².